The van der Waals surface area contributed by atoms with Gasteiger partial charge in [-0.2, -0.15) is 11.8 Å². The second kappa shape index (κ2) is 7.97. The Morgan fingerprint density at radius 1 is 1.21 bits per heavy atom. The van der Waals surface area contributed by atoms with Crippen molar-refractivity contribution in [3.63, 3.8) is 0 Å². The highest BCUT2D eigenvalue weighted by molar-refractivity contribution is 7.99. The molecule has 0 bridgehead atoms. The van der Waals surface area contributed by atoms with Gasteiger partial charge >= 0.3 is 0 Å². The molecule has 0 heterocycles. The highest BCUT2D eigenvalue weighted by atomic mass is 35.5. The van der Waals surface area contributed by atoms with E-state index >= 15 is 0 Å². The number of amides is 1. The van der Waals surface area contributed by atoms with Crippen LogP contribution in [0.3, 0.4) is 0 Å². The number of rotatable bonds is 7. The van der Waals surface area contributed by atoms with E-state index in [1.807, 2.05) is 11.8 Å². The van der Waals surface area contributed by atoms with Crippen molar-refractivity contribution in [1.82, 2.24) is 5.32 Å². The van der Waals surface area contributed by atoms with E-state index in [4.69, 9.17) is 11.6 Å². The fourth-order valence-electron chi connectivity index (χ4n) is 1.42. The highest BCUT2D eigenvalue weighted by Gasteiger charge is 2.11. The van der Waals surface area contributed by atoms with Crippen molar-refractivity contribution in [2.45, 2.75) is 25.7 Å². The molecule has 0 saturated carbocycles. The van der Waals surface area contributed by atoms with E-state index in [0.29, 0.717) is 10.6 Å². The van der Waals surface area contributed by atoms with Gasteiger partial charge < -0.3 is 5.32 Å². The van der Waals surface area contributed by atoms with Gasteiger partial charge in [0.15, 0.2) is 0 Å². The third-order valence-electron chi connectivity index (χ3n) is 2.63. The summed E-state index contributed by atoms with van der Waals surface area (Å²) in [6, 6.07) is 8.30. The van der Waals surface area contributed by atoms with Gasteiger partial charge in [0.05, 0.1) is 0 Å². The number of halogens is 1. The van der Waals surface area contributed by atoms with Gasteiger partial charge in [0.1, 0.15) is 0 Å². The predicted molar refractivity (Wildman–Crippen MR) is 89.3 cm³/mol. The second-order valence-electron chi connectivity index (χ2n) is 5.69. The predicted octanol–water partition coefficient (Wildman–Crippen LogP) is 4.14. The van der Waals surface area contributed by atoms with Gasteiger partial charge in [-0.25, -0.2) is 0 Å². The van der Waals surface area contributed by atoms with Crippen LogP contribution in [0.1, 0.15) is 10.4 Å². The van der Waals surface area contributed by atoms with Crippen molar-refractivity contribution < 1.29 is 4.79 Å². The van der Waals surface area contributed by atoms with Crippen molar-refractivity contribution in [1.29, 1.82) is 0 Å². The van der Waals surface area contributed by atoms with Crippen molar-refractivity contribution in [2.75, 3.05) is 18.1 Å². The van der Waals surface area contributed by atoms with E-state index in [1.54, 1.807) is 24.3 Å². The first-order valence-corrected chi connectivity index (χ1v) is 11.7. The summed E-state index contributed by atoms with van der Waals surface area (Å²) in [5.41, 5.74) is 0.663. The second-order valence-corrected chi connectivity index (χ2v) is 13.0. The largest absolute Gasteiger partial charge is 0.351 e. The monoisotopic (exact) mass is 315 g/mol. The van der Waals surface area contributed by atoms with E-state index in [0.717, 1.165) is 12.3 Å². The molecule has 5 heteroatoms. The van der Waals surface area contributed by atoms with Crippen molar-refractivity contribution in [3.05, 3.63) is 34.9 Å². The summed E-state index contributed by atoms with van der Waals surface area (Å²) in [5.74, 6) is 2.15. The molecule has 0 saturated heterocycles. The van der Waals surface area contributed by atoms with E-state index < -0.39 is 8.07 Å². The number of carbonyl (C=O) groups excluding carboxylic acids is 1. The van der Waals surface area contributed by atoms with Crippen LogP contribution < -0.4 is 5.32 Å². The van der Waals surface area contributed by atoms with Gasteiger partial charge in [-0.3, -0.25) is 4.79 Å². The molecule has 0 fully saturated rings. The Balaban J connectivity index is 2.16. The van der Waals surface area contributed by atoms with Crippen LogP contribution in [0.2, 0.25) is 30.7 Å². The number of nitrogens with one attached hydrogen (secondary N) is 1. The lowest BCUT2D eigenvalue weighted by molar-refractivity contribution is 0.0956. The Morgan fingerprint density at radius 2 is 1.84 bits per heavy atom. The van der Waals surface area contributed by atoms with Gasteiger partial charge in [-0.1, -0.05) is 31.2 Å². The molecule has 0 radical (unpaired) electrons. The number of hydrogen-bond acceptors (Lipinski definition) is 2. The summed E-state index contributed by atoms with van der Waals surface area (Å²) >= 11 is 7.70. The Hall–Kier alpha value is -0.453. The fraction of sp³-hybridized carbons (Fsp3) is 0.500. The van der Waals surface area contributed by atoms with Gasteiger partial charge in [0.2, 0.25) is 0 Å². The van der Waals surface area contributed by atoms with Gasteiger partial charge in [0.25, 0.3) is 5.91 Å². The minimum absolute atomic E-state index is 0.0255. The average Bonchev–Trinajstić information content (AvgIpc) is 2.33. The molecule has 1 rings (SSSR count). The molecule has 0 aliphatic heterocycles. The van der Waals surface area contributed by atoms with Crippen LogP contribution in [-0.4, -0.2) is 32.0 Å². The lowest BCUT2D eigenvalue weighted by Gasteiger charge is -2.14. The van der Waals surface area contributed by atoms with Crippen LogP contribution in [0.4, 0.5) is 0 Å². The van der Waals surface area contributed by atoms with Crippen LogP contribution in [0.15, 0.2) is 24.3 Å². The van der Waals surface area contributed by atoms with E-state index in [1.165, 1.54) is 11.8 Å². The minimum atomic E-state index is -0.918. The number of carbonyl (C=O) groups is 1. The maximum Gasteiger partial charge on any atom is 0.251 e. The third kappa shape index (κ3) is 7.65. The number of benzene rings is 1. The fourth-order valence-corrected chi connectivity index (χ4v) is 5.02. The summed E-state index contributed by atoms with van der Waals surface area (Å²) < 4.78 is 0. The first-order valence-electron chi connectivity index (χ1n) is 6.50. The zero-order valence-electron chi connectivity index (χ0n) is 11.8. The molecular weight excluding hydrogens is 294 g/mol. The smallest absolute Gasteiger partial charge is 0.251 e. The summed E-state index contributed by atoms with van der Waals surface area (Å²) in [6.45, 7) is 7.87. The summed E-state index contributed by atoms with van der Waals surface area (Å²) in [6.07, 6.45) is 0. The number of thioether (sulfide) groups is 1. The first-order chi connectivity index (χ1) is 8.88. The normalized spacial score (nSPS) is 11.4. The van der Waals surface area contributed by atoms with Gasteiger partial charge in [-0.15, -0.1) is 0 Å². The van der Waals surface area contributed by atoms with E-state index in [-0.39, 0.29) is 5.91 Å². The molecule has 2 nitrogen and oxygen atoms in total. The standard InChI is InChI=1S/C14H22ClNOSSi/c1-19(2,3)11-10-18-9-8-16-14(17)12-4-6-13(15)7-5-12/h4-7H,8-11H2,1-3H3,(H,16,17). The summed E-state index contributed by atoms with van der Waals surface area (Å²) in [4.78, 5) is 11.8. The Labute approximate surface area is 126 Å². The molecule has 0 aliphatic rings. The topological polar surface area (TPSA) is 29.1 Å². The molecule has 1 aromatic carbocycles. The molecule has 19 heavy (non-hydrogen) atoms. The van der Waals surface area contributed by atoms with Crippen LogP contribution >= 0.6 is 23.4 Å². The lowest BCUT2D eigenvalue weighted by Crippen LogP contribution is -2.26. The van der Waals surface area contributed by atoms with E-state index in [2.05, 4.69) is 25.0 Å². The Kier molecular flexibility index (Phi) is 6.97. The lowest BCUT2D eigenvalue weighted by atomic mass is 10.2. The molecule has 0 spiro atoms. The molecule has 0 aliphatic carbocycles. The van der Waals surface area contributed by atoms with Crippen LogP contribution in [-0.2, 0) is 0 Å². The number of hydrogen-bond donors (Lipinski definition) is 1. The van der Waals surface area contributed by atoms with Crippen LogP contribution in [0.25, 0.3) is 0 Å². The van der Waals surface area contributed by atoms with Crippen molar-refractivity contribution >= 4 is 37.3 Å². The molecule has 1 amide bonds. The molecule has 1 N–H and O–H groups in total. The zero-order valence-corrected chi connectivity index (χ0v) is 14.4. The summed E-state index contributed by atoms with van der Waals surface area (Å²) in [5, 5.41) is 3.58. The maximum absolute atomic E-state index is 11.8. The zero-order chi connectivity index (χ0) is 14.3. The van der Waals surface area contributed by atoms with Gasteiger partial charge in [0, 0.05) is 31.0 Å². The average molecular weight is 316 g/mol. The molecule has 0 atom stereocenters. The van der Waals surface area contributed by atoms with Crippen molar-refractivity contribution in [2.24, 2.45) is 0 Å². The maximum atomic E-state index is 11.8. The molecule has 106 valence electrons. The quantitative estimate of drug-likeness (QED) is 0.605. The van der Waals surface area contributed by atoms with E-state index in [9.17, 15) is 4.79 Å². The Bertz CT molecular complexity index is 403. The first kappa shape index (κ1) is 16.6. The molecule has 0 unspecified atom stereocenters. The Morgan fingerprint density at radius 3 is 2.42 bits per heavy atom. The molecule has 0 aromatic heterocycles. The third-order valence-corrected chi connectivity index (χ3v) is 5.98. The highest BCUT2D eigenvalue weighted by Crippen LogP contribution is 2.13. The van der Waals surface area contributed by atoms with Crippen molar-refractivity contribution in [3.8, 4) is 0 Å². The molecule has 1 aromatic rings. The van der Waals surface area contributed by atoms with Crippen LogP contribution in [0, 0.1) is 0 Å². The summed E-state index contributed by atoms with van der Waals surface area (Å²) in [7, 11) is -0.918. The van der Waals surface area contributed by atoms with Gasteiger partial charge in [-0.05, 0) is 36.1 Å². The SMILES string of the molecule is C[Si](C)(C)CCSCCNC(=O)c1ccc(Cl)cc1. The molecular formula is C14H22ClNOSSi. The van der Waals surface area contributed by atoms with Crippen LogP contribution in [0.5, 0.6) is 0 Å². The minimum Gasteiger partial charge on any atom is -0.351 e.